The molecule has 0 unspecified atom stereocenters. The maximum Gasteiger partial charge on any atom is 0.224 e. The van der Waals surface area contributed by atoms with Crippen LogP contribution in [-0.2, 0) is 9.59 Å². The summed E-state index contributed by atoms with van der Waals surface area (Å²) in [5, 5.41) is 5.48. The highest BCUT2D eigenvalue weighted by Gasteiger charge is 1.95. The van der Waals surface area contributed by atoms with Crippen LogP contribution < -0.4 is 10.6 Å². The van der Waals surface area contributed by atoms with E-state index in [9.17, 15) is 9.59 Å². The molecule has 0 heterocycles. The minimum atomic E-state index is 0.0520. The first-order valence-corrected chi connectivity index (χ1v) is 10.0. The molecule has 0 radical (unpaired) electrons. The minimum absolute atomic E-state index is 0.0520. The molecular formula is C24H38N2O2. The van der Waals surface area contributed by atoms with Crippen LogP contribution in [0.4, 0.5) is 5.69 Å². The van der Waals surface area contributed by atoms with E-state index in [0.29, 0.717) is 25.8 Å². The molecule has 4 heteroatoms. The van der Waals surface area contributed by atoms with Gasteiger partial charge in [-0.3, -0.25) is 9.59 Å². The summed E-state index contributed by atoms with van der Waals surface area (Å²) in [6, 6.07) is 9.44. The van der Waals surface area contributed by atoms with Crippen molar-refractivity contribution in [2.75, 3.05) is 11.9 Å². The summed E-state index contributed by atoms with van der Waals surface area (Å²) in [7, 11) is 0. The van der Waals surface area contributed by atoms with Crippen LogP contribution in [0.25, 0.3) is 0 Å². The van der Waals surface area contributed by atoms with Crippen molar-refractivity contribution < 1.29 is 9.59 Å². The minimum Gasteiger partial charge on any atom is -0.353 e. The highest BCUT2D eigenvalue weighted by molar-refractivity contribution is 5.90. The molecule has 0 aromatic heterocycles. The lowest BCUT2D eigenvalue weighted by Crippen LogP contribution is -2.21. The number of anilines is 1. The van der Waals surface area contributed by atoms with Gasteiger partial charge in [-0.2, -0.15) is 0 Å². The Morgan fingerprint density at radius 1 is 0.929 bits per heavy atom. The quantitative estimate of drug-likeness (QED) is 0.464. The largest absolute Gasteiger partial charge is 0.353 e. The lowest BCUT2D eigenvalue weighted by molar-refractivity contribution is -0.120. The molecule has 0 bridgehead atoms. The van der Waals surface area contributed by atoms with Crippen LogP contribution in [-0.4, -0.2) is 18.4 Å². The number of nitrogens with one attached hydrogen (secondary N) is 2. The summed E-state index contributed by atoms with van der Waals surface area (Å²) in [6.45, 7) is 12.2. The fourth-order valence-electron chi connectivity index (χ4n) is 1.43. The lowest BCUT2D eigenvalue weighted by Gasteiger charge is -2.00. The van der Waals surface area contributed by atoms with Crippen molar-refractivity contribution >= 4 is 17.5 Å². The molecule has 156 valence electrons. The molecule has 0 spiro atoms. The van der Waals surface area contributed by atoms with E-state index in [0.717, 1.165) is 5.69 Å². The van der Waals surface area contributed by atoms with Gasteiger partial charge in [0.05, 0.1) is 0 Å². The number of benzene rings is 1. The van der Waals surface area contributed by atoms with Crippen molar-refractivity contribution in [1.82, 2.24) is 5.32 Å². The molecule has 0 saturated heterocycles. The number of amides is 2. The Bertz CT molecular complexity index is 570. The second kappa shape index (κ2) is 26.4. The van der Waals surface area contributed by atoms with E-state index in [4.69, 9.17) is 6.42 Å². The fraction of sp³-hybridized carbons (Fsp3) is 0.417. The first-order chi connectivity index (χ1) is 13.6. The number of hydrogen-bond donors (Lipinski definition) is 2. The lowest BCUT2D eigenvalue weighted by atomic mass is 10.3. The first kappa shape index (κ1) is 29.9. The van der Waals surface area contributed by atoms with E-state index < -0.39 is 0 Å². The SMILES string of the molecule is C#CC/C=C\C=C/CNC(=O)CC.CC.CC.CCC(=O)Nc1ccccc1. The molecule has 1 rings (SSSR count). The molecule has 0 saturated carbocycles. The standard InChI is InChI=1S/C11H15NO.C9H11NO.2C2H6/c1-3-5-6-7-8-9-10-12-11(13)4-2;1-2-9(11)10-8-6-4-3-5-7-8;2*1-2/h1,6-9H,4-5,10H2,2H3,(H,12,13);3-7H,2H2,1H3,(H,10,11);2*1-2H3/b7-6-,9-8-;;;. The fourth-order valence-corrected chi connectivity index (χ4v) is 1.43. The summed E-state index contributed by atoms with van der Waals surface area (Å²) < 4.78 is 0. The molecule has 4 nitrogen and oxygen atoms in total. The predicted molar refractivity (Wildman–Crippen MR) is 123 cm³/mol. The van der Waals surface area contributed by atoms with E-state index in [-0.39, 0.29) is 11.8 Å². The molecule has 0 fully saturated rings. The second-order valence-corrected chi connectivity index (χ2v) is 4.69. The van der Waals surface area contributed by atoms with Gasteiger partial charge < -0.3 is 10.6 Å². The third-order valence-corrected chi connectivity index (χ3v) is 2.74. The molecule has 28 heavy (non-hydrogen) atoms. The number of rotatable bonds is 7. The summed E-state index contributed by atoms with van der Waals surface area (Å²) in [5.41, 5.74) is 0.861. The summed E-state index contributed by atoms with van der Waals surface area (Å²) >= 11 is 0. The zero-order valence-corrected chi connectivity index (χ0v) is 18.4. The van der Waals surface area contributed by atoms with Crippen LogP contribution in [0.3, 0.4) is 0 Å². The normalized spacial score (nSPS) is 8.89. The van der Waals surface area contributed by atoms with Gasteiger partial charge in [0.2, 0.25) is 11.8 Å². The van der Waals surface area contributed by atoms with Crippen molar-refractivity contribution in [3.63, 3.8) is 0 Å². The Kier molecular flexibility index (Phi) is 28.3. The van der Waals surface area contributed by atoms with Crippen LogP contribution >= 0.6 is 0 Å². The molecule has 0 aliphatic heterocycles. The average Bonchev–Trinajstić information content (AvgIpc) is 2.76. The highest BCUT2D eigenvalue weighted by Crippen LogP contribution is 2.04. The molecule has 0 aliphatic carbocycles. The Morgan fingerprint density at radius 2 is 1.46 bits per heavy atom. The third kappa shape index (κ3) is 23.2. The molecule has 2 N–H and O–H groups in total. The van der Waals surface area contributed by atoms with Crippen LogP contribution in [0.2, 0.25) is 0 Å². The monoisotopic (exact) mass is 386 g/mol. The molecule has 1 aromatic carbocycles. The maximum atomic E-state index is 10.9. The number of carbonyl (C=O) groups excluding carboxylic acids is 2. The van der Waals surface area contributed by atoms with Gasteiger partial charge in [-0.15, -0.1) is 12.3 Å². The summed E-state index contributed by atoms with van der Waals surface area (Å²) in [6.07, 6.45) is 14.2. The Balaban J connectivity index is -0.000000381. The van der Waals surface area contributed by atoms with Gasteiger partial charge in [0.15, 0.2) is 0 Å². The zero-order valence-electron chi connectivity index (χ0n) is 18.4. The summed E-state index contributed by atoms with van der Waals surface area (Å²) in [4.78, 5) is 21.6. The second-order valence-electron chi connectivity index (χ2n) is 4.69. The number of hydrogen-bond acceptors (Lipinski definition) is 2. The van der Waals surface area contributed by atoms with Crippen molar-refractivity contribution in [2.45, 2.75) is 60.8 Å². The molecular weight excluding hydrogens is 348 g/mol. The van der Waals surface area contributed by atoms with Gasteiger partial charge in [-0.1, -0.05) is 84.0 Å². The smallest absolute Gasteiger partial charge is 0.224 e. The Labute approximate surface area is 172 Å². The van der Waals surface area contributed by atoms with Gasteiger partial charge in [-0.25, -0.2) is 0 Å². The molecule has 2 amide bonds. The zero-order chi connectivity index (χ0) is 22.0. The van der Waals surface area contributed by atoms with Gasteiger partial charge in [-0.05, 0) is 12.1 Å². The van der Waals surface area contributed by atoms with Crippen LogP contribution in [0, 0.1) is 12.3 Å². The third-order valence-electron chi connectivity index (χ3n) is 2.74. The van der Waals surface area contributed by atoms with Crippen LogP contribution in [0.5, 0.6) is 0 Å². The van der Waals surface area contributed by atoms with E-state index in [1.54, 1.807) is 0 Å². The van der Waals surface area contributed by atoms with E-state index in [2.05, 4.69) is 16.6 Å². The highest BCUT2D eigenvalue weighted by atomic mass is 16.2. The van der Waals surface area contributed by atoms with E-state index in [1.165, 1.54) is 0 Å². The van der Waals surface area contributed by atoms with Crippen molar-refractivity contribution in [3.05, 3.63) is 54.6 Å². The molecule has 0 aliphatic rings. The Morgan fingerprint density at radius 3 is 1.96 bits per heavy atom. The van der Waals surface area contributed by atoms with Crippen molar-refractivity contribution in [2.24, 2.45) is 0 Å². The predicted octanol–water partition coefficient (Wildman–Crippen LogP) is 5.74. The summed E-state index contributed by atoms with van der Waals surface area (Å²) in [5.74, 6) is 2.61. The Hall–Kier alpha value is -2.80. The topological polar surface area (TPSA) is 58.2 Å². The van der Waals surface area contributed by atoms with Gasteiger partial charge in [0, 0.05) is 31.5 Å². The maximum absolute atomic E-state index is 10.9. The molecule has 0 atom stereocenters. The molecule has 1 aromatic rings. The van der Waals surface area contributed by atoms with Crippen molar-refractivity contribution in [1.29, 1.82) is 0 Å². The average molecular weight is 387 g/mol. The van der Waals surface area contributed by atoms with Gasteiger partial charge in [0.1, 0.15) is 0 Å². The number of allylic oxidation sites excluding steroid dienone is 3. The van der Waals surface area contributed by atoms with Crippen molar-refractivity contribution in [3.8, 4) is 12.3 Å². The van der Waals surface area contributed by atoms with Crippen LogP contribution in [0.15, 0.2) is 54.6 Å². The van der Waals surface area contributed by atoms with Gasteiger partial charge >= 0.3 is 0 Å². The number of para-hydroxylation sites is 1. The first-order valence-electron chi connectivity index (χ1n) is 10.0. The van der Waals surface area contributed by atoms with Crippen LogP contribution in [0.1, 0.15) is 60.8 Å². The number of terminal acetylenes is 1. The van der Waals surface area contributed by atoms with Gasteiger partial charge in [0.25, 0.3) is 0 Å². The number of carbonyl (C=O) groups is 2. The van der Waals surface area contributed by atoms with E-state index >= 15 is 0 Å². The van der Waals surface area contributed by atoms with E-state index in [1.807, 2.05) is 96.2 Å².